The minimum atomic E-state index is -0.00381. The topological polar surface area (TPSA) is 65.4 Å². The average Bonchev–Trinajstić information content (AvgIpc) is 2.88. The van der Waals surface area contributed by atoms with Crippen molar-refractivity contribution in [2.24, 2.45) is 0 Å². The van der Waals surface area contributed by atoms with Crippen LogP contribution in [0.4, 0.5) is 0 Å². The Morgan fingerprint density at radius 2 is 1.91 bits per heavy atom. The molecular weight excluding hydrogens is 294 g/mol. The summed E-state index contributed by atoms with van der Waals surface area (Å²) in [6.45, 7) is 5.42. The quantitative estimate of drug-likeness (QED) is 0.757. The zero-order valence-electron chi connectivity index (χ0n) is 13.8. The fraction of sp³-hybridized carbons (Fsp3) is 0.412. The van der Waals surface area contributed by atoms with Gasteiger partial charge in [0.25, 0.3) is 0 Å². The molecule has 0 fully saturated rings. The highest BCUT2D eigenvalue weighted by molar-refractivity contribution is 5.75. The lowest BCUT2D eigenvalue weighted by molar-refractivity contribution is -0.121. The number of carbonyl (C=O) groups excluding carboxylic acids is 1. The second-order valence-corrected chi connectivity index (χ2v) is 5.27. The molecule has 124 valence electrons. The summed E-state index contributed by atoms with van der Waals surface area (Å²) < 4.78 is 12.5. The number of ether oxygens (including phenoxy) is 2. The van der Waals surface area contributed by atoms with Crippen molar-refractivity contribution in [1.82, 2.24) is 15.1 Å². The first kappa shape index (κ1) is 16.9. The largest absolute Gasteiger partial charge is 0.497 e. The zero-order valence-corrected chi connectivity index (χ0v) is 13.8. The summed E-state index contributed by atoms with van der Waals surface area (Å²) in [6.07, 6.45) is 0.407. The van der Waals surface area contributed by atoms with Gasteiger partial charge in [-0.25, -0.2) is 0 Å². The van der Waals surface area contributed by atoms with Crippen molar-refractivity contribution >= 4 is 5.91 Å². The van der Waals surface area contributed by atoms with Crippen LogP contribution in [-0.2, 0) is 11.3 Å². The second kappa shape index (κ2) is 8.22. The average molecular weight is 317 g/mol. The van der Waals surface area contributed by atoms with Gasteiger partial charge in [-0.2, -0.15) is 5.10 Å². The van der Waals surface area contributed by atoms with Crippen molar-refractivity contribution in [2.75, 3.05) is 20.3 Å². The van der Waals surface area contributed by atoms with E-state index in [-0.39, 0.29) is 5.91 Å². The molecule has 1 amide bonds. The molecule has 1 heterocycles. The van der Waals surface area contributed by atoms with Crippen LogP contribution in [0.5, 0.6) is 11.5 Å². The number of rotatable bonds is 8. The molecule has 0 unspecified atom stereocenters. The second-order valence-electron chi connectivity index (χ2n) is 5.27. The lowest BCUT2D eigenvalue weighted by atomic mass is 10.3. The molecule has 0 saturated carbocycles. The highest BCUT2D eigenvalue weighted by Gasteiger charge is 2.05. The number of nitrogens with zero attached hydrogens (tertiary/aromatic N) is 2. The Morgan fingerprint density at radius 1 is 1.22 bits per heavy atom. The van der Waals surface area contributed by atoms with Gasteiger partial charge in [-0.05, 0) is 44.2 Å². The molecule has 0 saturated heterocycles. The summed E-state index contributed by atoms with van der Waals surface area (Å²) in [5, 5.41) is 7.18. The Kier molecular flexibility index (Phi) is 6.02. The number of aryl methyl sites for hydroxylation is 3. The highest BCUT2D eigenvalue weighted by atomic mass is 16.5. The van der Waals surface area contributed by atoms with E-state index >= 15 is 0 Å². The Labute approximate surface area is 136 Å². The SMILES string of the molecule is COc1ccc(OCCNC(=O)CCn2nc(C)cc2C)cc1. The molecule has 0 spiro atoms. The summed E-state index contributed by atoms with van der Waals surface area (Å²) in [5.41, 5.74) is 2.04. The van der Waals surface area contributed by atoms with E-state index < -0.39 is 0 Å². The van der Waals surface area contributed by atoms with Gasteiger partial charge in [0.1, 0.15) is 18.1 Å². The van der Waals surface area contributed by atoms with Crippen LogP contribution in [0, 0.1) is 13.8 Å². The molecule has 23 heavy (non-hydrogen) atoms. The third-order valence-corrected chi connectivity index (χ3v) is 3.41. The Balaban J connectivity index is 1.63. The predicted octanol–water partition coefficient (Wildman–Crippen LogP) is 2.09. The van der Waals surface area contributed by atoms with Gasteiger partial charge in [-0.3, -0.25) is 9.48 Å². The summed E-state index contributed by atoms with van der Waals surface area (Å²) in [4.78, 5) is 11.8. The van der Waals surface area contributed by atoms with Crippen LogP contribution in [0.1, 0.15) is 17.8 Å². The molecule has 0 aliphatic heterocycles. The fourth-order valence-corrected chi connectivity index (χ4v) is 2.23. The summed E-state index contributed by atoms with van der Waals surface area (Å²) in [7, 11) is 1.62. The van der Waals surface area contributed by atoms with E-state index in [0.717, 1.165) is 22.9 Å². The van der Waals surface area contributed by atoms with Gasteiger partial charge in [0.05, 0.1) is 19.3 Å². The van der Waals surface area contributed by atoms with Gasteiger partial charge in [0, 0.05) is 18.7 Å². The molecule has 0 aliphatic carbocycles. The molecule has 0 aliphatic rings. The maximum Gasteiger partial charge on any atom is 0.221 e. The molecule has 0 bridgehead atoms. The van der Waals surface area contributed by atoms with E-state index in [0.29, 0.717) is 26.1 Å². The van der Waals surface area contributed by atoms with Crippen LogP contribution in [0.3, 0.4) is 0 Å². The minimum absolute atomic E-state index is 0.00381. The number of hydrogen-bond donors (Lipinski definition) is 1. The van der Waals surface area contributed by atoms with Crippen LogP contribution >= 0.6 is 0 Å². The van der Waals surface area contributed by atoms with Crippen molar-refractivity contribution in [1.29, 1.82) is 0 Å². The van der Waals surface area contributed by atoms with Crippen molar-refractivity contribution in [2.45, 2.75) is 26.8 Å². The van der Waals surface area contributed by atoms with Gasteiger partial charge in [0.2, 0.25) is 5.91 Å². The normalized spacial score (nSPS) is 10.4. The molecule has 1 aromatic heterocycles. The summed E-state index contributed by atoms with van der Waals surface area (Å²) in [5.74, 6) is 1.54. The standard InChI is InChI=1S/C17H23N3O3/c1-13-12-14(2)20(19-13)10-8-17(21)18-9-11-23-16-6-4-15(22-3)5-7-16/h4-7,12H,8-11H2,1-3H3,(H,18,21). The first-order chi connectivity index (χ1) is 11.1. The van der Waals surface area contributed by atoms with Crippen LogP contribution in [-0.4, -0.2) is 35.9 Å². The number of carbonyl (C=O) groups is 1. The number of methoxy groups -OCH3 is 1. The third kappa shape index (κ3) is 5.32. The summed E-state index contributed by atoms with van der Waals surface area (Å²) in [6, 6.07) is 9.35. The van der Waals surface area contributed by atoms with E-state index in [4.69, 9.17) is 9.47 Å². The van der Waals surface area contributed by atoms with Crippen LogP contribution in [0.2, 0.25) is 0 Å². The molecule has 1 aromatic carbocycles. The maximum atomic E-state index is 11.8. The van der Waals surface area contributed by atoms with Crippen molar-refractivity contribution in [3.63, 3.8) is 0 Å². The lowest BCUT2D eigenvalue weighted by Crippen LogP contribution is -2.29. The summed E-state index contributed by atoms with van der Waals surface area (Å²) >= 11 is 0. The smallest absolute Gasteiger partial charge is 0.221 e. The fourth-order valence-electron chi connectivity index (χ4n) is 2.23. The third-order valence-electron chi connectivity index (χ3n) is 3.41. The molecular formula is C17H23N3O3. The first-order valence-electron chi connectivity index (χ1n) is 7.63. The van der Waals surface area contributed by atoms with Crippen LogP contribution in [0.25, 0.3) is 0 Å². The first-order valence-corrected chi connectivity index (χ1v) is 7.63. The van der Waals surface area contributed by atoms with Crippen molar-refractivity contribution < 1.29 is 14.3 Å². The molecule has 1 N–H and O–H groups in total. The number of hydrogen-bond acceptors (Lipinski definition) is 4. The Morgan fingerprint density at radius 3 is 2.52 bits per heavy atom. The number of nitrogens with one attached hydrogen (secondary N) is 1. The molecule has 2 rings (SSSR count). The van der Waals surface area contributed by atoms with E-state index in [2.05, 4.69) is 10.4 Å². The molecule has 0 atom stereocenters. The van der Waals surface area contributed by atoms with Gasteiger partial charge in [-0.1, -0.05) is 0 Å². The van der Waals surface area contributed by atoms with Crippen molar-refractivity contribution in [3.05, 3.63) is 41.7 Å². The minimum Gasteiger partial charge on any atom is -0.497 e. The van der Waals surface area contributed by atoms with E-state index in [9.17, 15) is 4.79 Å². The van der Waals surface area contributed by atoms with E-state index in [1.54, 1.807) is 7.11 Å². The van der Waals surface area contributed by atoms with E-state index in [1.165, 1.54) is 0 Å². The number of amides is 1. The monoisotopic (exact) mass is 317 g/mol. The maximum absolute atomic E-state index is 11.8. The van der Waals surface area contributed by atoms with Crippen molar-refractivity contribution in [3.8, 4) is 11.5 Å². The lowest BCUT2D eigenvalue weighted by Gasteiger charge is -2.09. The molecule has 0 radical (unpaired) electrons. The predicted molar refractivity (Wildman–Crippen MR) is 87.8 cm³/mol. The van der Waals surface area contributed by atoms with Gasteiger partial charge in [-0.15, -0.1) is 0 Å². The van der Waals surface area contributed by atoms with Crippen LogP contribution in [0.15, 0.2) is 30.3 Å². The molecule has 6 nitrogen and oxygen atoms in total. The van der Waals surface area contributed by atoms with Gasteiger partial charge >= 0.3 is 0 Å². The highest BCUT2D eigenvalue weighted by Crippen LogP contribution is 2.16. The molecule has 2 aromatic rings. The molecule has 6 heteroatoms. The zero-order chi connectivity index (χ0) is 16.7. The Hall–Kier alpha value is -2.50. The van der Waals surface area contributed by atoms with Gasteiger partial charge < -0.3 is 14.8 Å². The van der Waals surface area contributed by atoms with E-state index in [1.807, 2.05) is 48.9 Å². The van der Waals surface area contributed by atoms with Gasteiger partial charge in [0.15, 0.2) is 0 Å². The number of aromatic nitrogens is 2. The van der Waals surface area contributed by atoms with Crippen LogP contribution < -0.4 is 14.8 Å². The number of benzene rings is 1. The Bertz CT molecular complexity index is 635.